The van der Waals surface area contributed by atoms with Gasteiger partial charge in [0, 0.05) is 19.2 Å². The molecule has 3 amide bonds. The highest BCUT2D eigenvalue weighted by Crippen LogP contribution is 2.36. The number of likely N-dealkylation sites (N-methyl/N-ethyl adjacent to an activating group) is 1. The number of hydrogen-bond acceptors (Lipinski definition) is 9. The Balaban J connectivity index is 2.12. The molecule has 1 aromatic rings. The van der Waals surface area contributed by atoms with Gasteiger partial charge in [0.05, 0.1) is 11.5 Å². The van der Waals surface area contributed by atoms with Crippen molar-refractivity contribution in [2.45, 2.75) is 19.4 Å². The first-order valence-electron chi connectivity index (χ1n) is 8.66. The molecule has 1 saturated heterocycles. The largest absolute Gasteiger partial charge is 0.504 e. The van der Waals surface area contributed by atoms with Gasteiger partial charge in [0.15, 0.2) is 18.2 Å². The molecule has 1 aliphatic rings. The fraction of sp³-hybridized carbons (Fsp3) is 0.353. The Labute approximate surface area is 169 Å². The standard InChI is InChI=1S/C17H19N5O8/c1-2-21(3-4-30-15-14(25)19-17(27)20-15)16(26)10(8-18)5-9-6-11(22(28)29)13(24)12(23)7-9/h5-7,14-15,23-25H,2-4H2,1H3,(H2,19,20,27)/b10-5+/t14-,15-/m1/s1. The summed E-state index contributed by atoms with van der Waals surface area (Å²) >= 11 is 0. The number of aliphatic hydroxyl groups excluding tert-OH is 1. The maximum atomic E-state index is 12.6. The number of nitriles is 1. The summed E-state index contributed by atoms with van der Waals surface area (Å²) in [6.45, 7) is 1.81. The zero-order chi connectivity index (χ0) is 22.4. The van der Waals surface area contributed by atoms with E-state index in [2.05, 4.69) is 10.6 Å². The average molecular weight is 421 g/mol. The molecule has 1 heterocycles. The van der Waals surface area contributed by atoms with Gasteiger partial charge in [-0.05, 0) is 24.6 Å². The molecular formula is C17H19N5O8. The van der Waals surface area contributed by atoms with Gasteiger partial charge in [0.1, 0.15) is 11.6 Å². The van der Waals surface area contributed by atoms with Gasteiger partial charge < -0.3 is 35.6 Å². The molecule has 13 heteroatoms. The minimum absolute atomic E-state index is 0.0222. The molecule has 1 aromatic carbocycles. The van der Waals surface area contributed by atoms with E-state index in [0.29, 0.717) is 0 Å². The Kier molecular flexibility index (Phi) is 7.13. The molecule has 0 aromatic heterocycles. The van der Waals surface area contributed by atoms with Crippen molar-refractivity contribution in [3.63, 3.8) is 0 Å². The van der Waals surface area contributed by atoms with E-state index in [1.165, 1.54) is 4.90 Å². The Morgan fingerprint density at radius 3 is 2.67 bits per heavy atom. The highest BCUT2D eigenvalue weighted by atomic mass is 16.6. The number of aromatic hydroxyl groups is 2. The molecule has 13 nitrogen and oxygen atoms in total. The van der Waals surface area contributed by atoms with Crippen molar-refractivity contribution in [3.05, 3.63) is 33.4 Å². The highest BCUT2D eigenvalue weighted by molar-refractivity contribution is 6.01. The van der Waals surface area contributed by atoms with Crippen LogP contribution in [0.1, 0.15) is 12.5 Å². The highest BCUT2D eigenvalue weighted by Gasteiger charge is 2.30. The summed E-state index contributed by atoms with van der Waals surface area (Å²) in [6, 6.07) is 2.99. The summed E-state index contributed by atoms with van der Waals surface area (Å²) in [5.74, 6) is -2.40. The maximum absolute atomic E-state index is 12.6. The summed E-state index contributed by atoms with van der Waals surface area (Å²) in [5, 5.41) is 53.5. The average Bonchev–Trinajstić information content (AvgIpc) is 3.02. The molecule has 0 saturated carbocycles. The smallest absolute Gasteiger partial charge is 0.319 e. The lowest BCUT2D eigenvalue weighted by molar-refractivity contribution is -0.386. The summed E-state index contributed by atoms with van der Waals surface area (Å²) in [6.07, 6.45) is -1.18. The van der Waals surface area contributed by atoms with Crippen LogP contribution in [0.3, 0.4) is 0 Å². The van der Waals surface area contributed by atoms with Crippen molar-refractivity contribution in [2.24, 2.45) is 0 Å². The fourth-order valence-corrected chi connectivity index (χ4v) is 2.61. The van der Waals surface area contributed by atoms with Crippen LogP contribution in [0, 0.1) is 21.4 Å². The molecular weight excluding hydrogens is 402 g/mol. The van der Waals surface area contributed by atoms with Gasteiger partial charge in [-0.25, -0.2) is 4.79 Å². The van der Waals surface area contributed by atoms with Gasteiger partial charge in [-0.2, -0.15) is 5.26 Å². The summed E-state index contributed by atoms with van der Waals surface area (Å²) in [5.41, 5.74) is -1.18. The van der Waals surface area contributed by atoms with E-state index in [1.54, 1.807) is 13.0 Å². The number of benzene rings is 1. The van der Waals surface area contributed by atoms with Crippen molar-refractivity contribution in [2.75, 3.05) is 19.7 Å². The number of nitrogens with zero attached hydrogens (tertiary/aromatic N) is 3. The molecule has 0 radical (unpaired) electrons. The number of nitrogens with one attached hydrogen (secondary N) is 2. The van der Waals surface area contributed by atoms with Crippen LogP contribution in [0.4, 0.5) is 10.5 Å². The molecule has 0 aliphatic carbocycles. The molecule has 1 fully saturated rings. The van der Waals surface area contributed by atoms with E-state index in [-0.39, 0.29) is 30.8 Å². The van der Waals surface area contributed by atoms with Crippen LogP contribution >= 0.6 is 0 Å². The quantitative estimate of drug-likeness (QED) is 0.123. The molecule has 30 heavy (non-hydrogen) atoms. The van der Waals surface area contributed by atoms with Crippen LogP contribution in [0.2, 0.25) is 0 Å². The van der Waals surface area contributed by atoms with Crippen LogP contribution in [-0.2, 0) is 9.53 Å². The fourth-order valence-electron chi connectivity index (χ4n) is 2.61. The number of nitro benzene ring substituents is 1. The Hall–Kier alpha value is -3.89. The van der Waals surface area contributed by atoms with E-state index in [9.17, 15) is 40.3 Å². The Morgan fingerprint density at radius 2 is 2.13 bits per heavy atom. The van der Waals surface area contributed by atoms with Crippen molar-refractivity contribution in [3.8, 4) is 17.6 Å². The van der Waals surface area contributed by atoms with Crippen LogP contribution < -0.4 is 10.6 Å². The second-order valence-corrected chi connectivity index (χ2v) is 6.07. The zero-order valence-corrected chi connectivity index (χ0v) is 15.7. The second-order valence-electron chi connectivity index (χ2n) is 6.07. The van der Waals surface area contributed by atoms with Crippen molar-refractivity contribution in [1.82, 2.24) is 15.5 Å². The summed E-state index contributed by atoms with van der Waals surface area (Å²) in [7, 11) is 0. The van der Waals surface area contributed by atoms with Crippen LogP contribution in [0.25, 0.3) is 6.08 Å². The van der Waals surface area contributed by atoms with Gasteiger partial charge in [-0.3, -0.25) is 14.9 Å². The minimum atomic E-state index is -1.24. The van der Waals surface area contributed by atoms with E-state index in [4.69, 9.17) is 4.74 Å². The number of hydrogen-bond donors (Lipinski definition) is 5. The summed E-state index contributed by atoms with van der Waals surface area (Å²) < 4.78 is 5.29. The lowest BCUT2D eigenvalue weighted by Crippen LogP contribution is -2.40. The number of aliphatic hydroxyl groups is 1. The third-order valence-electron chi connectivity index (χ3n) is 4.12. The van der Waals surface area contributed by atoms with Gasteiger partial charge >= 0.3 is 11.7 Å². The normalized spacial score (nSPS) is 18.3. The topological polar surface area (TPSA) is 198 Å². The zero-order valence-electron chi connectivity index (χ0n) is 15.7. The third kappa shape index (κ3) is 5.13. The molecule has 1 aliphatic heterocycles. The number of nitro groups is 1. The number of phenols is 2. The number of ether oxygens (including phenoxy) is 1. The molecule has 2 atom stereocenters. The van der Waals surface area contributed by atoms with Gasteiger partial charge in [0.2, 0.25) is 5.75 Å². The van der Waals surface area contributed by atoms with Crippen molar-refractivity contribution in [1.29, 1.82) is 5.26 Å². The molecule has 0 bridgehead atoms. The number of carbonyl (C=O) groups is 2. The van der Waals surface area contributed by atoms with E-state index >= 15 is 0 Å². The molecule has 160 valence electrons. The lowest BCUT2D eigenvalue weighted by Gasteiger charge is -2.22. The third-order valence-corrected chi connectivity index (χ3v) is 4.12. The van der Waals surface area contributed by atoms with Crippen molar-refractivity contribution >= 4 is 23.7 Å². The number of urea groups is 1. The predicted molar refractivity (Wildman–Crippen MR) is 99.7 cm³/mol. The molecule has 2 rings (SSSR count). The first-order chi connectivity index (χ1) is 14.2. The van der Waals surface area contributed by atoms with E-state index in [1.807, 2.05) is 0 Å². The number of rotatable bonds is 8. The number of amides is 3. The van der Waals surface area contributed by atoms with Crippen LogP contribution in [-0.4, -0.2) is 69.2 Å². The summed E-state index contributed by atoms with van der Waals surface area (Å²) in [4.78, 5) is 35.0. The monoisotopic (exact) mass is 421 g/mol. The van der Waals surface area contributed by atoms with E-state index < -0.39 is 46.5 Å². The van der Waals surface area contributed by atoms with Crippen LogP contribution in [0.15, 0.2) is 17.7 Å². The number of phenolic OH excluding ortho intramolecular Hbond substituents is 2. The van der Waals surface area contributed by atoms with Crippen molar-refractivity contribution < 1.29 is 34.6 Å². The SMILES string of the molecule is CCN(CCO[C@H]1NC(=O)N[C@@H]1O)C(=O)/C(C#N)=C/c1cc(O)c(O)c([N+](=O)[O-])c1. The lowest BCUT2D eigenvalue weighted by atomic mass is 10.1. The second kappa shape index (κ2) is 9.54. The molecule has 0 unspecified atom stereocenters. The van der Waals surface area contributed by atoms with Gasteiger partial charge in [-0.1, -0.05) is 0 Å². The van der Waals surface area contributed by atoms with Gasteiger partial charge in [-0.15, -0.1) is 0 Å². The van der Waals surface area contributed by atoms with E-state index in [0.717, 1.165) is 18.2 Å². The van der Waals surface area contributed by atoms with Gasteiger partial charge in [0.25, 0.3) is 5.91 Å². The molecule has 0 spiro atoms. The Morgan fingerprint density at radius 1 is 1.43 bits per heavy atom. The first-order valence-corrected chi connectivity index (χ1v) is 8.66. The first kappa shape index (κ1) is 22.4. The maximum Gasteiger partial charge on any atom is 0.319 e. The van der Waals surface area contributed by atoms with Crippen LogP contribution in [0.5, 0.6) is 11.5 Å². The molecule has 5 N–H and O–H groups in total. The number of carbonyl (C=O) groups excluding carboxylic acids is 2. The minimum Gasteiger partial charge on any atom is -0.504 e. The Bertz CT molecular complexity index is 925. The predicted octanol–water partition coefficient (Wildman–Crippen LogP) is -0.265.